The molecule has 0 bridgehead atoms. The quantitative estimate of drug-likeness (QED) is 0.207. The second-order valence-electron chi connectivity index (χ2n) is 12.8. The number of esters is 2. The van der Waals surface area contributed by atoms with Gasteiger partial charge in [-0.3, -0.25) is 19.4 Å². The number of rotatable bonds is 9. The lowest BCUT2D eigenvalue weighted by Gasteiger charge is -2.27. The first-order chi connectivity index (χ1) is 21.5. The van der Waals surface area contributed by atoms with Crippen molar-refractivity contribution in [3.05, 3.63) is 22.1 Å². The number of nitrogens with zero attached hydrogens (tertiary/aromatic N) is 4. The van der Waals surface area contributed by atoms with E-state index in [1.54, 1.807) is 41.5 Å². The molecule has 0 radical (unpaired) electrons. The molecule has 2 saturated heterocycles. The molecule has 0 spiro atoms. The van der Waals surface area contributed by atoms with Gasteiger partial charge in [-0.15, -0.1) is 22.7 Å². The van der Waals surface area contributed by atoms with Crippen molar-refractivity contribution in [3.63, 3.8) is 0 Å². The molecule has 1 unspecified atom stereocenters. The summed E-state index contributed by atoms with van der Waals surface area (Å²) in [6, 6.07) is -1.65. The number of aromatic nitrogens is 2. The average Bonchev–Trinajstić information content (AvgIpc) is 3.78. The molecule has 2 aromatic heterocycles. The molecule has 0 aliphatic carbocycles. The first-order valence-electron chi connectivity index (χ1n) is 14.8. The standard InChI is InChI=1S/C30H38N4O10S2/c1-29(2,3)43-27(39)33-11-7-9-17(33)25(37)41-15-19(35)21-13-31-23(45-21)24-32-14-22(46-24)20(36)16-42-26(38)18-10-8-12-34(18)28(40)44-30(4,5)6/h13-14,17-18H,7-12,15-16H2,1-6H3/t17-,18?/m0/s1. The van der Waals surface area contributed by atoms with Gasteiger partial charge in [0.2, 0.25) is 11.6 Å². The van der Waals surface area contributed by atoms with Crippen molar-refractivity contribution < 1.29 is 47.7 Å². The van der Waals surface area contributed by atoms with E-state index in [0.29, 0.717) is 48.8 Å². The van der Waals surface area contributed by atoms with Crippen molar-refractivity contribution in [1.82, 2.24) is 19.8 Å². The largest absolute Gasteiger partial charge is 0.456 e. The molecular weight excluding hydrogens is 640 g/mol. The molecule has 2 aromatic rings. The minimum atomic E-state index is -0.827. The van der Waals surface area contributed by atoms with Crippen LogP contribution in [0.3, 0.4) is 0 Å². The van der Waals surface area contributed by atoms with E-state index in [2.05, 4.69) is 9.97 Å². The molecule has 0 aromatic carbocycles. The van der Waals surface area contributed by atoms with Crippen molar-refractivity contribution in [2.24, 2.45) is 0 Å². The van der Waals surface area contributed by atoms with Gasteiger partial charge in [-0.05, 0) is 67.2 Å². The summed E-state index contributed by atoms with van der Waals surface area (Å²) in [7, 11) is 0. The van der Waals surface area contributed by atoms with Gasteiger partial charge in [0.1, 0.15) is 23.3 Å². The fraction of sp³-hybridized carbons (Fsp3) is 0.600. The Morgan fingerprint density at radius 1 is 0.696 bits per heavy atom. The zero-order valence-electron chi connectivity index (χ0n) is 26.7. The zero-order valence-corrected chi connectivity index (χ0v) is 28.3. The van der Waals surface area contributed by atoms with Crippen LogP contribution in [-0.2, 0) is 28.5 Å². The van der Waals surface area contributed by atoms with Crippen LogP contribution in [0.15, 0.2) is 12.4 Å². The fourth-order valence-corrected chi connectivity index (χ4v) is 6.43. The van der Waals surface area contributed by atoms with Gasteiger partial charge in [0.05, 0.1) is 9.75 Å². The molecule has 4 rings (SSSR count). The average molecular weight is 679 g/mol. The maximum atomic E-state index is 12.8. The number of hydrogen-bond donors (Lipinski definition) is 0. The molecule has 4 heterocycles. The van der Waals surface area contributed by atoms with Crippen molar-refractivity contribution in [2.75, 3.05) is 26.3 Å². The van der Waals surface area contributed by atoms with Crippen molar-refractivity contribution in [1.29, 1.82) is 0 Å². The lowest BCUT2D eigenvalue weighted by atomic mass is 10.2. The highest BCUT2D eigenvalue weighted by Gasteiger charge is 2.39. The number of Topliss-reactive ketones (excluding diaryl/α,β-unsaturated/α-hetero) is 2. The Kier molecular flexibility index (Phi) is 10.8. The smallest absolute Gasteiger partial charge is 0.411 e. The van der Waals surface area contributed by atoms with Crippen molar-refractivity contribution in [3.8, 4) is 10.0 Å². The highest BCUT2D eigenvalue weighted by molar-refractivity contribution is 7.23. The topological polar surface area (TPSA) is 172 Å². The van der Waals surface area contributed by atoms with E-state index in [1.165, 1.54) is 22.2 Å². The Labute approximate surface area is 274 Å². The van der Waals surface area contributed by atoms with Gasteiger partial charge in [0, 0.05) is 25.5 Å². The first kappa shape index (κ1) is 34.9. The Bertz CT molecular complexity index is 1380. The van der Waals surface area contributed by atoms with E-state index in [-0.39, 0.29) is 9.75 Å². The van der Waals surface area contributed by atoms with Gasteiger partial charge >= 0.3 is 24.1 Å². The molecule has 0 N–H and O–H groups in total. The van der Waals surface area contributed by atoms with Crippen LogP contribution < -0.4 is 0 Å². The Morgan fingerprint density at radius 3 is 1.41 bits per heavy atom. The maximum Gasteiger partial charge on any atom is 0.411 e. The van der Waals surface area contributed by atoms with Crippen molar-refractivity contribution >= 4 is 58.4 Å². The van der Waals surface area contributed by atoms with E-state index in [4.69, 9.17) is 18.9 Å². The normalized spacial score (nSPS) is 18.3. The summed E-state index contributed by atoms with van der Waals surface area (Å²) in [4.78, 5) is 87.3. The first-order valence-corrected chi connectivity index (χ1v) is 16.5. The van der Waals surface area contributed by atoms with Crippen LogP contribution in [-0.4, -0.2) is 105 Å². The lowest BCUT2D eigenvalue weighted by Crippen LogP contribution is -2.44. The van der Waals surface area contributed by atoms with Gasteiger partial charge in [0.25, 0.3) is 0 Å². The minimum absolute atomic E-state index is 0.223. The molecule has 2 aliphatic rings. The SMILES string of the molecule is CC(C)(C)OC(=O)N1CCCC1C(=O)OCC(=O)c1cnc(-c2ncc(C(=O)COC(=O)[C@@H]3CCCN3C(=O)OC(C)(C)C)s2)s1. The Hall–Kier alpha value is -3.92. The molecular formula is C30H38N4O10S2. The molecule has 2 atom stereocenters. The van der Waals surface area contributed by atoms with Crippen molar-refractivity contribution in [2.45, 2.75) is 90.5 Å². The van der Waals surface area contributed by atoms with E-state index < -0.39 is 72.2 Å². The molecule has 46 heavy (non-hydrogen) atoms. The third-order valence-electron chi connectivity index (χ3n) is 6.74. The van der Waals surface area contributed by atoms with E-state index in [9.17, 15) is 28.8 Å². The van der Waals surface area contributed by atoms with Crippen LogP contribution in [0.25, 0.3) is 10.0 Å². The molecule has 14 nitrogen and oxygen atoms in total. The summed E-state index contributed by atoms with van der Waals surface area (Å²) in [5.74, 6) is -2.33. The monoisotopic (exact) mass is 678 g/mol. The Morgan fingerprint density at radius 2 is 1.07 bits per heavy atom. The highest BCUT2D eigenvalue weighted by Crippen LogP contribution is 2.30. The molecule has 16 heteroatoms. The van der Waals surface area contributed by atoms with E-state index in [0.717, 1.165) is 22.7 Å². The number of ketones is 2. The van der Waals surface area contributed by atoms with Crippen LogP contribution in [0, 0.1) is 0 Å². The predicted molar refractivity (Wildman–Crippen MR) is 166 cm³/mol. The second-order valence-corrected chi connectivity index (χ2v) is 14.8. The van der Waals surface area contributed by atoms with Crippen LogP contribution in [0.4, 0.5) is 9.59 Å². The summed E-state index contributed by atoms with van der Waals surface area (Å²) >= 11 is 2.04. The molecule has 0 saturated carbocycles. The number of carbonyl (C=O) groups is 6. The summed E-state index contributed by atoms with van der Waals surface area (Å²) in [5.41, 5.74) is -1.43. The number of amides is 2. The third-order valence-corrected chi connectivity index (χ3v) is 8.96. The number of hydrogen-bond acceptors (Lipinski definition) is 14. The molecule has 250 valence electrons. The van der Waals surface area contributed by atoms with Crippen LogP contribution >= 0.6 is 22.7 Å². The summed E-state index contributed by atoms with van der Waals surface area (Å²) in [6.07, 6.45) is 3.49. The van der Waals surface area contributed by atoms with E-state index >= 15 is 0 Å². The summed E-state index contributed by atoms with van der Waals surface area (Å²) in [6.45, 7) is 10.1. The van der Waals surface area contributed by atoms with Gasteiger partial charge in [0.15, 0.2) is 23.2 Å². The van der Waals surface area contributed by atoms with Gasteiger partial charge in [-0.2, -0.15) is 0 Å². The molecule has 2 amide bonds. The van der Waals surface area contributed by atoms with Crippen LogP contribution in [0.1, 0.15) is 86.6 Å². The maximum absolute atomic E-state index is 12.8. The predicted octanol–water partition coefficient (Wildman–Crippen LogP) is 4.52. The zero-order chi connectivity index (χ0) is 33.8. The number of thiazole rings is 2. The van der Waals surface area contributed by atoms with Gasteiger partial charge < -0.3 is 18.9 Å². The number of likely N-dealkylation sites (tertiary alicyclic amines) is 2. The van der Waals surface area contributed by atoms with Crippen LogP contribution in [0.5, 0.6) is 0 Å². The Balaban J connectivity index is 1.27. The van der Waals surface area contributed by atoms with E-state index in [1.807, 2.05) is 0 Å². The number of ether oxygens (including phenoxy) is 4. The lowest BCUT2D eigenvalue weighted by molar-refractivity contribution is -0.148. The van der Waals surface area contributed by atoms with Gasteiger partial charge in [-0.25, -0.2) is 29.1 Å². The number of carbonyl (C=O) groups excluding carboxylic acids is 6. The fourth-order valence-electron chi connectivity index (χ4n) is 4.71. The molecule has 2 aliphatic heterocycles. The van der Waals surface area contributed by atoms with Crippen LogP contribution in [0.2, 0.25) is 0 Å². The minimum Gasteiger partial charge on any atom is -0.456 e. The summed E-state index contributed by atoms with van der Waals surface area (Å²) < 4.78 is 21.2. The summed E-state index contributed by atoms with van der Waals surface area (Å²) in [5, 5.41) is 0.753. The third kappa shape index (κ3) is 9.09. The molecule has 2 fully saturated rings. The second kappa shape index (κ2) is 14.2. The van der Waals surface area contributed by atoms with Gasteiger partial charge in [-0.1, -0.05) is 0 Å². The highest BCUT2D eigenvalue weighted by atomic mass is 32.1.